The molecule has 0 aromatic heterocycles. The molecule has 2 nitrogen and oxygen atoms in total. The van der Waals surface area contributed by atoms with Crippen LogP contribution in [0.25, 0.3) is 0 Å². The average Bonchev–Trinajstić information content (AvgIpc) is 2.55. The van der Waals surface area contributed by atoms with Gasteiger partial charge in [0.1, 0.15) is 0 Å². The standard InChI is InChI=1S/C16H19BO2P2/c1-18-20(14-9-5-3-6-10-14)13-16(17)21(19-2)15-11-7-4-8-12-15/h3-12,16H,13H2,1-2H3/t16-,20?,21?/m1/s1. The summed E-state index contributed by atoms with van der Waals surface area (Å²) in [5, 5.41) is 2.38. The Hall–Kier alpha value is -0.715. The Morgan fingerprint density at radius 1 is 0.857 bits per heavy atom. The molecule has 2 aromatic carbocycles. The first-order valence-corrected chi connectivity index (χ1v) is 9.54. The van der Waals surface area contributed by atoms with Crippen LogP contribution in [0.2, 0.25) is 0 Å². The lowest BCUT2D eigenvalue weighted by molar-refractivity contribution is 0.460. The molecule has 0 fully saturated rings. The third-order valence-electron chi connectivity index (χ3n) is 3.13. The van der Waals surface area contributed by atoms with Crippen molar-refractivity contribution in [3.05, 3.63) is 60.7 Å². The van der Waals surface area contributed by atoms with Crippen LogP contribution in [-0.2, 0) is 9.05 Å². The second kappa shape index (κ2) is 8.66. The summed E-state index contributed by atoms with van der Waals surface area (Å²) >= 11 is 0. The summed E-state index contributed by atoms with van der Waals surface area (Å²) in [6.45, 7) is 0. The fourth-order valence-corrected chi connectivity index (χ4v) is 5.91. The highest BCUT2D eigenvalue weighted by molar-refractivity contribution is 7.66. The molecule has 2 radical (unpaired) electrons. The van der Waals surface area contributed by atoms with E-state index in [2.05, 4.69) is 24.3 Å². The first-order valence-electron chi connectivity index (χ1n) is 6.77. The van der Waals surface area contributed by atoms with Gasteiger partial charge < -0.3 is 9.05 Å². The maximum absolute atomic E-state index is 6.41. The van der Waals surface area contributed by atoms with Gasteiger partial charge in [-0.2, -0.15) is 0 Å². The predicted molar refractivity (Wildman–Crippen MR) is 94.4 cm³/mol. The molecule has 0 aliphatic heterocycles. The Bertz CT molecular complexity index is 524. The monoisotopic (exact) mass is 316 g/mol. The van der Waals surface area contributed by atoms with E-state index in [1.165, 1.54) is 10.6 Å². The van der Waals surface area contributed by atoms with Crippen molar-refractivity contribution in [2.75, 3.05) is 20.4 Å². The quantitative estimate of drug-likeness (QED) is 0.577. The molecule has 21 heavy (non-hydrogen) atoms. The van der Waals surface area contributed by atoms with Gasteiger partial charge in [-0.3, -0.25) is 0 Å². The molecule has 0 amide bonds. The van der Waals surface area contributed by atoms with Crippen molar-refractivity contribution >= 4 is 34.8 Å². The van der Waals surface area contributed by atoms with Gasteiger partial charge >= 0.3 is 0 Å². The van der Waals surface area contributed by atoms with Crippen LogP contribution in [0.5, 0.6) is 0 Å². The van der Waals surface area contributed by atoms with Gasteiger partial charge in [-0.1, -0.05) is 60.7 Å². The lowest BCUT2D eigenvalue weighted by Crippen LogP contribution is -2.20. The fourth-order valence-electron chi connectivity index (χ4n) is 2.13. The number of rotatable bonds is 7. The highest BCUT2D eigenvalue weighted by Gasteiger charge is 2.23. The molecule has 0 heterocycles. The van der Waals surface area contributed by atoms with E-state index >= 15 is 0 Å². The van der Waals surface area contributed by atoms with Crippen LogP contribution >= 0.6 is 16.3 Å². The Morgan fingerprint density at radius 3 is 1.86 bits per heavy atom. The molecule has 0 aliphatic rings. The summed E-state index contributed by atoms with van der Waals surface area (Å²) in [5.74, 6) is 0. The van der Waals surface area contributed by atoms with Crippen molar-refractivity contribution in [3.63, 3.8) is 0 Å². The highest BCUT2D eigenvalue weighted by Crippen LogP contribution is 2.46. The van der Waals surface area contributed by atoms with Crippen LogP contribution in [0.15, 0.2) is 60.7 Å². The van der Waals surface area contributed by atoms with E-state index in [4.69, 9.17) is 16.9 Å². The Labute approximate surface area is 130 Å². The zero-order valence-corrected chi connectivity index (χ0v) is 14.1. The molecule has 2 unspecified atom stereocenters. The largest absolute Gasteiger partial charge is 0.358 e. The van der Waals surface area contributed by atoms with E-state index in [0.717, 1.165) is 6.16 Å². The predicted octanol–water partition coefficient (Wildman–Crippen LogP) is 3.22. The lowest BCUT2D eigenvalue weighted by Gasteiger charge is -2.26. The van der Waals surface area contributed by atoms with Crippen LogP contribution in [0, 0.1) is 0 Å². The third kappa shape index (κ3) is 4.63. The van der Waals surface area contributed by atoms with Crippen molar-refractivity contribution in [1.29, 1.82) is 0 Å². The van der Waals surface area contributed by atoms with Crippen molar-refractivity contribution < 1.29 is 9.05 Å². The second-order valence-electron chi connectivity index (χ2n) is 4.49. The van der Waals surface area contributed by atoms with Gasteiger partial charge in [0.15, 0.2) is 0 Å². The lowest BCUT2D eigenvalue weighted by atomic mass is 10.1. The van der Waals surface area contributed by atoms with Gasteiger partial charge in [-0.25, -0.2) is 0 Å². The molecule has 108 valence electrons. The maximum Gasteiger partial charge on any atom is 0.0803 e. The zero-order chi connectivity index (χ0) is 15.1. The highest BCUT2D eigenvalue weighted by atomic mass is 31.1. The molecule has 0 saturated carbocycles. The summed E-state index contributed by atoms with van der Waals surface area (Å²) in [6, 6.07) is 20.5. The first kappa shape index (κ1) is 16.7. The normalized spacial score (nSPS) is 15.3. The molecule has 2 rings (SSSR count). The zero-order valence-electron chi connectivity index (χ0n) is 12.3. The topological polar surface area (TPSA) is 18.5 Å². The van der Waals surface area contributed by atoms with Crippen LogP contribution in [0.3, 0.4) is 0 Å². The van der Waals surface area contributed by atoms with E-state index in [1.807, 2.05) is 36.4 Å². The van der Waals surface area contributed by atoms with Gasteiger partial charge in [-0.15, -0.1) is 0 Å². The maximum atomic E-state index is 6.41. The Kier molecular flexibility index (Phi) is 6.87. The summed E-state index contributed by atoms with van der Waals surface area (Å²) in [4.78, 5) is 0. The van der Waals surface area contributed by atoms with E-state index in [-0.39, 0.29) is 5.56 Å². The minimum Gasteiger partial charge on any atom is -0.358 e. The van der Waals surface area contributed by atoms with Crippen LogP contribution in [0.1, 0.15) is 0 Å². The van der Waals surface area contributed by atoms with E-state index in [0.29, 0.717) is 0 Å². The summed E-state index contributed by atoms with van der Waals surface area (Å²) in [6.07, 6.45) is 0.796. The number of benzene rings is 2. The molecule has 2 aromatic rings. The third-order valence-corrected chi connectivity index (χ3v) is 7.44. The fraction of sp³-hybridized carbons (Fsp3) is 0.250. The van der Waals surface area contributed by atoms with Gasteiger partial charge in [0.2, 0.25) is 0 Å². The SMILES string of the molecule is [B][C@@H](CP(OC)c1ccccc1)P(OC)c1ccccc1. The van der Waals surface area contributed by atoms with Crippen molar-refractivity contribution in [2.45, 2.75) is 5.56 Å². The van der Waals surface area contributed by atoms with Gasteiger partial charge in [0.05, 0.1) is 24.1 Å². The molecule has 0 bridgehead atoms. The number of hydrogen-bond acceptors (Lipinski definition) is 2. The minimum atomic E-state index is -0.829. The van der Waals surface area contributed by atoms with Crippen LogP contribution in [0.4, 0.5) is 0 Å². The number of hydrogen-bond donors (Lipinski definition) is 0. The molecule has 0 aliphatic carbocycles. The van der Waals surface area contributed by atoms with Crippen molar-refractivity contribution in [3.8, 4) is 0 Å². The first-order chi connectivity index (χ1) is 10.3. The van der Waals surface area contributed by atoms with E-state index < -0.39 is 16.3 Å². The molecule has 0 saturated heterocycles. The molecule has 0 spiro atoms. The Balaban J connectivity index is 2.09. The summed E-state index contributed by atoms with van der Waals surface area (Å²) in [7, 11) is 8.36. The van der Waals surface area contributed by atoms with Gasteiger partial charge in [0.25, 0.3) is 0 Å². The molecule has 0 N–H and O–H groups in total. The minimum absolute atomic E-state index is 0.0429. The van der Waals surface area contributed by atoms with Crippen LogP contribution in [-0.4, -0.2) is 33.8 Å². The van der Waals surface area contributed by atoms with Gasteiger partial charge in [-0.05, 0) is 11.7 Å². The molecule has 5 heteroatoms. The molecular formula is C16H19BO2P2. The van der Waals surface area contributed by atoms with E-state index in [9.17, 15) is 0 Å². The van der Waals surface area contributed by atoms with Crippen molar-refractivity contribution in [2.24, 2.45) is 0 Å². The molecule has 3 atom stereocenters. The smallest absolute Gasteiger partial charge is 0.0803 e. The van der Waals surface area contributed by atoms with Crippen molar-refractivity contribution in [1.82, 2.24) is 0 Å². The van der Waals surface area contributed by atoms with E-state index in [1.54, 1.807) is 14.2 Å². The average molecular weight is 316 g/mol. The second-order valence-corrected chi connectivity index (χ2v) is 8.69. The van der Waals surface area contributed by atoms with Crippen LogP contribution < -0.4 is 10.6 Å². The Morgan fingerprint density at radius 2 is 1.38 bits per heavy atom. The molecular weight excluding hydrogens is 297 g/mol. The summed E-state index contributed by atoms with van der Waals surface area (Å²) in [5.41, 5.74) is -0.0429. The van der Waals surface area contributed by atoms with Gasteiger partial charge in [0, 0.05) is 24.8 Å². The summed E-state index contributed by atoms with van der Waals surface area (Å²) < 4.78 is 11.4.